The van der Waals surface area contributed by atoms with E-state index >= 15 is 0 Å². The second-order valence-corrected chi connectivity index (χ2v) is 5.62. The highest BCUT2D eigenvalue weighted by Crippen LogP contribution is 2.35. The van der Waals surface area contributed by atoms with Gasteiger partial charge in [-0.15, -0.1) is 0 Å². The predicted octanol–water partition coefficient (Wildman–Crippen LogP) is 2.34. The molecule has 1 amide bonds. The number of rotatable bonds is 6. The molecule has 2 N–H and O–H groups in total. The number of hydrogen-bond acceptors (Lipinski definition) is 4. The first kappa shape index (κ1) is 13.9. The molecule has 0 bridgehead atoms. The fourth-order valence-corrected chi connectivity index (χ4v) is 2.49. The van der Waals surface area contributed by atoms with Crippen LogP contribution < -0.4 is 5.32 Å². The van der Waals surface area contributed by atoms with E-state index in [1.165, 1.54) is 12.0 Å². The normalized spacial score (nSPS) is 14.9. The molecule has 1 fully saturated rings. The molecular formula is C15H20N4O2. The first-order chi connectivity index (χ1) is 10.2. The summed E-state index contributed by atoms with van der Waals surface area (Å²) in [6.45, 7) is 2.61. The predicted molar refractivity (Wildman–Crippen MR) is 77.1 cm³/mol. The third kappa shape index (κ3) is 3.15. The SMILES string of the molecule is Cc1[nH]ncc1CCCNC(=O)c1cc(C2CCC2)no1. The third-order valence-corrected chi connectivity index (χ3v) is 4.12. The first-order valence-corrected chi connectivity index (χ1v) is 7.47. The number of aryl methyl sites for hydroxylation is 2. The number of H-pyrrole nitrogens is 1. The number of aromatic amines is 1. The monoisotopic (exact) mass is 288 g/mol. The van der Waals surface area contributed by atoms with Crippen LogP contribution in [0.1, 0.15) is 59.1 Å². The minimum atomic E-state index is -0.183. The van der Waals surface area contributed by atoms with Gasteiger partial charge in [-0.3, -0.25) is 9.89 Å². The van der Waals surface area contributed by atoms with Crippen LogP contribution >= 0.6 is 0 Å². The van der Waals surface area contributed by atoms with Crippen molar-refractivity contribution < 1.29 is 9.32 Å². The summed E-state index contributed by atoms with van der Waals surface area (Å²) in [4.78, 5) is 12.0. The number of carbonyl (C=O) groups excluding carboxylic acids is 1. The van der Waals surface area contributed by atoms with Crippen LogP contribution in [-0.4, -0.2) is 27.8 Å². The van der Waals surface area contributed by atoms with Crippen molar-refractivity contribution in [1.82, 2.24) is 20.7 Å². The summed E-state index contributed by atoms with van der Waals surface area (Å²) in [5.41, 5.74) is 3.19. The van der Waals surface area contributed by atoms with Gasteiger partial charge in [-0.2, -0.15) is 5.10 Å². The molecule has 0 atom stereocenters. The van der Waals surface area contributed by atoms with Gasteiger partial charge in [0, 0.05) is 24.2 Å². The Kier molecular flexibility index (Phi) is 4.03. The molecule has 1 aliphatic rings. The van der Waals surface area contributed by atoms with Crippen LogP contribution in [0.4, 0.5) is 0 Å². The van der Waals surface area contributed by atoms with Gasteiger partial charge in [0.2, 0.25) is 5.76 Å². The number of hydrogen-bond donors (Lipinski definition) is 2. The Labute approximate surface area is 123 Å². The maximum Gasteiger partial charge on any atom is 0.289 e. The summed E-state index contributed by atoms with van der Waals surface area (Å²) in [5, 5.41) is 13.7. The minimum Gasteiger partial charge on any atom is -0.351 e. The molecule has 0 radical (unpaired) electrons. The Hall–Kier alpha value is -2.11. The van der Waals surface area contributed by atoms with Gasteiger partial charge < -0.3 is 9.84 Å². The lowest BCUT2D eigenvalue weighted by Crippen LogP contribution is -2.24. The molecule has 0 aromatic carbocycles. The van der Waals surface area contributed by atoms with E-state index in [0.29, 0.717) is 18.2 Å². The van der Waals surface area contributed by atoms with Crippen molar-refractivity contribution in [3.63, 3.8) is 0 Å². The molecule has 1 saturated carbocycles. The minimum absolute atomic E-state index is 0.183. The van der Waals surface area contributed by atoms with Crippen molar-refractivity contribution >= 4 is 5.91 Å². The van der Waals surface area contributed by atoms with E-state index in [9.17, 15) is 4.79 Å². The molecule has 6 heteroatoms. The average Bonchev–Trinajstić information content (AvgIpc) is 3.02. The lowest BCUT2D eigenvalue weighted by Gasteiger charge is -2.22. The van der Waals surface area contributed by atoms with Gasteiger partial charge >= 0.3 is 0 Å². The smallest absolute Gasteiger partial charge is 0.289 e. The molecule has 3 rings (SSSR count). The van der Waals surface area contributed by atoms with E-state index in [4.69, 9.17) is 4.52 Å². The Morgan fingerprint density at radius 2 is 2.38 bits per heavy atom. The van der Waals surface area contributed by atoms with Crippen LogP contribution in [0.3, 0.4) is 0 Å². The second kappa shape index (κ2) is 6.11. The maximum absolute atomic E-state index is 12.0. The van der Waals surface area contributed by atoms with Crippen LogP contribution in [0, 0.1) is 6.92 Å². The number of nitrogens with one attached hydrogen (secondary N) is 2. The maximum atomic E-state index is 12.0. The van der Waals surface area contributed by atoms with Gasteiger partial charge in [-0.05, 0) is 38.2 Å². The molecule has 2 heterocycles. The van der Waals surface area contributed by atoms with Crippen molar-refractivity contribution in [3.05, 3.63) is 35.0 Å². The first-order valence-electron chi connectivity index (χ1n) is 7.47. The molecule has 0 aliphatic heterocycles. The molecule has 0 spiro atoms. The summed E-state index contributed by atoms with van der Waals surface area (Å²) in [6.07, 6.45) is 7.14. The number of amides is 1. The van der Waals surface area contributed by atoms with Gasteiger partial charge in [0.25, 0.3) is 5.91 Å². The van der Waals surface area contributed by atoms with E-state index in [1.807, 2.05) is 13.1 Å². The van der Waals surface area contributed by atoms with E-state index in [1.54, 1.807) is 6.07 Å². The fourth-order valence-electron chi connectivity index (χ4n) is 2.49. The molecule has 6 nitrogen and oxygen atoms in total. The summed E-state index contributed by atoms with van der Waals surface area (Å²) in [6, 6.07) is 1.78. The van der Waals surface area contributed by atoms with Gasteiger partial charge in [0.15, 0.2) is 0 Å². The second-order valence-electron chi connectivity index (χ2n) is 5.62. The summed E-state index contributed by atoms with van der Waals surface area (Å²) in [7, 11) is 0. The Morgan fingerprint density at radius 1 is 1.52 bits per heavy atom. The van der Waals surface area contributed by atoms with E-state index in [-0.39, 0.29) is 5.91 Å². The van der Waals surface area contributed by atoms with Crippen molar-refractivity contribution in [2.45, 2.75) is 44.9 Å². The lowest BCUT2D eigenvalue weighted by atomic mass is 9.83. The number of nitrogens with zero attached hydrogens (tertiary/aromatic N) is 2. The Balaban J connectivity index is 1.43. The number of carbonyl (C=O) groups is 1. The zero-order chi connectivity index (χ0) is 14.7. The topological polar surface area (TPSA) is 83.8 Å². The lowest BCUT2D eigenvalue weighted by molar-refractivity contribution is 0.0916. The van der Waals surface area contributed by atoms with Gasteiger partial charge in [-0.1, -0.05) is 11.6 Å². The van der Waals surface area contributed by atoms with Crippen LogP contribution in [0.25, 0.3) is 0 Å². The van der Waals surface area contributed by atoms with E-state index < -0.39 is 0 Å². The zero-order valence-corrected chi connectivity index (χ0v) is 12.2. The van der Waals surface area contributed by atoms with Crippen molar-refractivity contribution in [2.75, 3.05) is 6.54 Å². The summed E-state index contributed by atoms with van der Waals surface area (Å²) in [5.74, 6) is 0.618. The van der Waals surface area contributed by atoms with Crippen LogP contribution in [0.15, 0.2) is 16.8 Å². The van der Waals surface area contributed by atoms with Crippen molar-refractivity contribution in [1.29, 1.82) is 0 Å². The highest BCUT2D eigenvalue weighted by atomic mass is 16.5. The van der Waals surface area contributed by atoms with Crippen LogP contribution in [0.2, 0.25) is 0 Å². The average molecular weight is 288 g/mol. The third-order valence-electron chi connectivity index (χ3n) is 4.12. The van der Waals surface area contributed by atoms with Crippen molar-refractivity contribution in [3.8, 4) is 0 Å². The quantitative estimate of drug-likeness (QED) is 0.799. The highest BCUT2D eigenvalue weighted by molar-refractivity contribution is 5.91. The number of aromatic nitrogens is 3. The molecule has 0 saturated heterocycles. The van der Waals surface area contributed by atoms with Crippen LogP contribution in [-0.2, 0) is 6.42 Å². The van der Waals surface area contributed by atoms with E-state index in [2.05, 4.69) is 20.7 Å². The largest absolute Gasteiger partial charge is 0.351 e. The molecule has 0 unspecified atom stereocenters. The van der Waals surface area contributed by atoms with Crippen LogP contribution in [0.5, 0.6) is 0 Å². The molecule has 2 aromatic heterocycles. The highest BCUT2D eigenvalue weighted by Gasteiger charge is 2.24. The Morgan fingerprint density at radius 3 is 3.05 bits per heavy atom. The zero-order valence-electron chi connectivity index (χ0n) is 12.2. The molecule has 21 heavy (non-hydrogen) atoms. The standard InChI is InChI=1S/C15H20N4O2/c1-10-12(9-17-18-10)6-3-7-16-15(20)14-8-13(19-21-14)11-4-2-5-11/h8-9,11H,2-7H2,1H3,(H,16,20)(H,17,18). The molecule has 112 valence electrons. The molecular weight excluding hydrogens is 268 g/mol. The molecule has 2 aromatic rings. The molecule has 1 aliphatic carbocycles. The fraction of sp³-hybridized carbons (Fsp3) is 0.533. The van der Waals surface area contributed by atoms with Gasteiger partial charge in [0.05, 0.1) is 11.9 Å². The van der Waals surface area contributed by atoms with Crippen molar-refractivity contribution in [2.24, 2.45) is 0 Å². The van der Waals surface area contributed by atoms with Gasteiger partial charge in [0.1, 0.15) is 0 Å². The van der Waals surface area contributed by atoms with Gasteiger partial charge in [-0.25, -0.2) is 0 Å². The summed E-state index contributed by atoms with van der Waals surface area (Å²) >= 11 is 0. The summed E-state index contributed by atoms with van der Waals surface area (Å²) < 4.78 is 5.13. The Bertz CT molecular complexity index is 613. The van der Waals surface area contributed by atoms with E-state index in [0.717, 1.165) is 37.1 Å².